The highest BCUT2D eigenvalue weighted by atomic mass is 16.1. The van der Waals surface area contributed by atoms with E-state index in [4.69, 9.17) is 0 Å². The lowest BCUT2D eigenvalue weighted by atomic mass is 10.0. The second-order valence-corrected chi connectivity index (χ2v) is 5.59. The second kappa shape index (κ2) is 5.21. The fourth-order valence-electron chi connectivity index (χ4n) is 3.00. The Labute approximate surface area is 124 Å². The van der Waals surface area contributed by atoms with Crippen molar-refractivity contribution in [1.82, 2.24) is 4.98 Å². The lowest BCUT2D eigenvalue weighted by Crippen LogP contribution is -1.87. The normalized spacial score (nSPS) is 11.0. The van der Waals surface area contributed by atoms with Crippen LogP contribution in [0.2, 0.25) is 0 Å². The number of hydrogen-bond donors (Lipinski definition) is 1. The molecule has 2 heteroatoms. The van der Waals surface area contributed by atoms with Gasteiger partial charge in [0.15, 0.2) is 6.29 Å². The van der Waals surface area contributed by atoms with E-state index >= 15 is 0 Å². The first-order valence-corrected chi connectivity index (χ1v) is 7.31. The van der Waals surface area contributed by atoms with Gasteiger partial charge in [0, 0.05) is 16.5 Å². The molecule has 1 heterocycles. The van der Waals surface area contributed by atoms with Crippen LogP contribution in [0.25, 0.3) is 22.2 Å². The molecule has 2 aromatic carbocycles. The van der Waals surface area contributed by atoms with Crippen LogP contribution in [0.15, 0.2) is 36.4 Å². The minimum absolute atomic E-state index is 0.756. The predicted octanol–water partition coefficient (Wildman–Crippen LogP) is 4.83. The number of aromatic nitrogens is 1. The van der Waals surface area contributed by atoms with Gasteiger partial charge in [-0.15, -0.1) is 0 Å². The molecule has 1 aromatic heterocycles. The number of rotatable bonds is 3. The molecular weight excluding hydrogens is 258 g/mol. The van der Waals surface area contributed by atoms with Gasteiger partial charge in [-0.2, -0.15) is 0 Å². The van der Waals surface area contributed by atoms with Crippen molar-refractivity contribution in [2.45, 2.75) is 27.2 Å². The fraction of sp³-hybridized carbons (Fsp3) is 0.211. The zero-order valence-electron chi connectivity index (χ0n) is 12.7. The van der Waals surface area contributed by atoms with Gasteiger partial charge in [-0.1, -0.05) is 37.3 Å². The van der Waals surface area contributed by atoms with Gasteiger partial charge in [-0.25, -0.2) is 0 Å². The molecule has 0 radical (unpaired) electrons. The number of carbonyl (C=O) groups excluding carboxylic acids is 1. The monoisotopic (exact) mass is 277 g/mol. The highest BCUT2D eigenvalue weighted by Crippen LogP contribution is 2.32. The van der Waals surface area contributed by atoms with Gasteiger partial charge < -0.3 is 4.98 Å². The van der Waals surface area contributed by atoms with E-state index in [1.807, 2.05) is 0 Å². The topological polar surface area (TPSA) is 32.9 Å². The molecule has 0 saturated carbocycles. The number of aromatic amines is 1. The first-order valence-electron chi connectivity index (χ1n) is 7.31. The van der Waals surface area contributed by atoms with E-state index in [1.54, 1.807) is 0 Å². The van der Waals surface area contributed by atoms with Gasteiger partial charge in [-0.3, -0.25) is 4.79 Å². The van der Waals surface area contributed by atoms with Crippen LogP contribution >= 0.6 is 0 Å². The van der Waals surface area contributed by atoms with E-state index in [0.717, 1.165) is 46.0 Å². The number of H-pyrrole nitrogens is 1. The van der Waals surface area contributed by atoms with Crippen molar-refractivity contribution in [1.29, 1.82) is 0 Å². The molecule has 0 atom stereocenters. The van der Waals surface area contributed by atoms with Crippen molar-refractivity contribution in [2.24, 2.45) is 0 Å². The first kappa shape index (κ1) is 13.6. The Hall–Kier alpha value is -2.35. The lowest BCUT2D eigenvalue weighted by Gasteiger charge is -2.02. The molecule has 21 heavy (non-hydrogen) atoms. The summed E-state index contributed by atoms with van der Waals surface area (Å²) in [7, 11) is 0. The van der Waals surface area contributed by atoms with Gasteiger partial charge in [0.25, 0.3) is 0 Å². The molecule has 0 spiro atoms. The van der Waals surface area contributed by atoms with E-state index in [1.165, 1.54) is 11.1 Å². The maximum atomic E-state index is 11.6. The summed E-state index contributed by atoms with van der Waals surface area (Å²) in [6.45, 7) is 6.27. The molecule has 1 N–H and O–H groups in total. The van der Waals surface area contributed by atoms with Crippen molar-refractivity contribution in [2.75, 3.05) is 0 Å². The molecule has 0 fully saturated rings. The van der Waals surface area contributed by atoms with Crippen molar-refractivity contribution >= 4 is 17.2 Å². The zero-order chi connectivity index (χ0) is 15.0. The summed E-state index contributed by atoms with van der Waals surface area (Å²) in [5.41, 5.74) is 7.40. The zero-order valence-corrected chi connectivity index (χ0v) is 12.7. The highest BCUT2D eigenvalue weighted by molar-refractivity contribution is 6.06. The number of aryl methyl sites for hydroxylation is 3. The molecular formula is C19H19NO. The molecule has 0 aliphatic carbocycles. The van der Waals surface area contributed by atoms with Crippen LogP contribution in [0.3, 0.4) is 0 Å². The number of carbonyl (C=O) groups is 1. The number of nitrogens with one attached hydrogen (secondary N) is 1. The Balaban J connectivity index is 2.26. The number of hydrogen-bond acceptors (Lipinski definition) is 1. The third-order valence-electron chi connectivity index (χ3n) is 4.05. The Morgan fingerprint density at radius 3 is 2.43 bits per heavy atom. The maximum Gasteiger partial charge on any atom is 0.152 e. The van der Waals surface area contributed by atoms with Crippen molar-refractivity contribution in [3.8, 4) is 11.3 Å². The van der Waals surface area contributed by atoms with Crippen molar-refractivity contribution in [3.05, 3.63) is 58.7 Å². The third kappa shape index (κ3) is 2.27. The molecule has 0 aliphatic heterocycles. The number of fused-ring (bicyclic) bond motifs is 1. The van der Waals surface area contributed by atoms with Crippen LogP contribution in [-0.4, -0.2) is 11.3 Å². The van der Waals surface area contributed by atoms with Crippen molar-refractivity contribution < 1.29 is 4.79 Å². The number of aldehydes is 1. The summed E-state index contributed by atoms with van der Waals surface area (Å²) >= 11 is 0. The average Bonchev–Trinajstić information content (AvgIpc) is 2.85. The predicted molar refractivity (Wildman–Crippen MR) is 88.0 cm³/mol. The number of benzene rings is 2. The largest absolute Gasteiger partial charge is 0.354 e. The molecule has 2 nitrogen and oxygen atoms in total. The summed E-state index contributed by atoms with van der Waals surface area (Å²) < 4.78 is 0. The van der Waals surface area contributed by atoms with Crippen LogP contribution < -0.4 is 0 Å². The summed E-state index contributed by atoms with van der Waals surface area (Å²) in [4.78, 5) is 15.0. The molecule has 0 unspecified atom stereocenters. The van der Waals surface area contributed by atoms with Crippen LogP contribution in [-0.2, 0) is 6.42 Å². The highest BCUT2D eigenvalue weighted by Gasteiger charge is 2.14. The van der Waals surface area contributed by atoms with Gasteiger partial charge in [0.05, 0.1) is 5.69 Å². The quantitative estimate of drug-likeness (QED) is 0.683. The Morgan fingerprint density at radius 1 is 1.10 bits per heavy atom. The standard InChI is InChI=1S/C19H19NO/c1-4-14-5-7-15(8-6-14)19-16(11-21)18-13(3)9-12(2)10-17(18)20-19/h5-11,20H,4H2,1-3H3. The molecule has 0 aliphatic rings. The molecule has 0 bridgehead atoms. The summed E-state index contributed by atoms with van der Waals surface area (Å²) in [6, 6.07) is 12.6. The smallest absolute Gasteiger partial charge is 0.152 e. The van der Waals surface area contributed by atoms with E-state index in [0.29, 0.717) is 0 Å². The van der Waals surface area contributed by atoms with E-state index in [-0.39, 0.29) is 0 Å². The Kier molecular flexibility index (Phi) is 3.38. The summed E-state index contributed by atoms with van der Waals surface area (Å²) in [5.74, 6) is 0. The minimum atomic E-state index is 0.756. The first-order chi connectivity index (χ1) is 10.1. The average molecular weight is 277 g/mol. The second-order valence-electron chi connectivity index (χ2n) is 5.59. The van der Waals surface area contributed by atoms with Gasteiger partial charge in [0.2, 0.25) is 0 Å². The Morgan fingerprint density at radius 2 is 1.81 bits per heavy atom. The third-order valence-corrected chi connectivity index (χ3v) is 4.05. The van der Waals surface area contributed by atoms with Crippen LogP contribution in [0, 0.1) is 13.8 Å². The van der Waals surface area contributed by atoms with Gasteiger partial charge >= 0.3 is 0 Å². The van der Waals surface area contributed by atoms with E-state index in [2.05, 4.69) is 62.2 Å². The molecule has 106 valence electrons. The van der Waals surface area contributed by atoms with Crippen LogP contribution in [0.5, 0.6) is 0 Å². The van der Waals surface area contributed by atoms with Crippen LogP contribution in [0.4, 0.5) is 0 Å². The molecule has 3 rings (SSSR count). The van der Waals surface area contributed by atoms with E-state index in [9.17, 15) is 4.79 Å². The van der Waals surface area contributed by atoms with Gasteiger partial charge in [0.1, 0.15) is 0 Å². The van der Waals surface area contributed by atoms with Gasteiger partial charge in [-0.05, 0) is 48.6 Å². The SMILES string of the molecule is CCc1ccc(-c2[nH]c3cc(C)cc(C)c3c2C=O)cc1. The minimum Gasteiger partial charge on any atom is -0.354 e. The summed E-state index contributed by atoms with van der Waals surface area (Å²) in [5, 5.41) is 1.03. The summed E-state index contributed by atoms with van der Waals surface area (Å²) in [6.07, 6.45) is 1.98. The van der Waals surface area contributed by atoms with Crippen molar-refractivity contribution in [3.63, 3.8) is 0 Å². The maximum absolute atomic E-state index is 11.6. The lowest BCUT2D eigenvalue weighted by molar-refractivity contribution is 0.112. The molecule has 0 amide bonds. The van der Waals surface area contributed by atoms with E-state index < -0.39 is 0 Å². The Bertz CT molecular complexity index is 810. The fourth-order valence-corrected chi connectivity index (χ4v) is 3.00. The van der Waals surface area contributed by atoms with Crippen LogP contribution in [0.1, 0.15) is 34.0 Å². The molecule has 3 aromatic rings. The molecule has 0 saturated heterocycles.